The Morgan fingerprint density at radius 2 is 2.00 bits per heavy atom. The summed E-state index contributed by atoms with van der Waals surface area (Å²) in [6.07, 6.45) is 4.20. The van der Waals surface area contributed by atoms with Crippen molar-refractivity contribution in [3.05, 3.63) is 47.8 Å². The molecule has 2 atom stereocenters. The fraction of sp³-hybridized carbons (Fsp3) is 0.474. The number of methoxy groups -OCH3 is 2. The lowest BCUT2D eigenvalue weighted by Gasteiger charge is -2.24. The predicted octanol–water partition coefficient (Wildman–Crippen LogP) is 3.12. The lowest BCUT2D eigenvalue weighted by molar-refractivity contribution is 0.246. The highest BCUT2D eigenvalue weighted by Gasteiger charge is 2.27. The fourth-order valence-corrected chi connectivity index (χ4v) is 3.33. The van der Waals surface area contributed by atoms with Crippen molar-refractivity contribution in [2.24, 2.45) is 5.92 Å². The van der Waals surface area contributed by atoms with Gasteiger partial charge in [0.05, 0.1) is 19.9 Å². The van der Waals surface area contributed by atoms with E-state index in [1.807, 2.05) is 24.4 Å². The van der Waals surface area contributed by atoms with Crippen LogP contribution in [0, 0.1) is 5.92 Å². The molecule has 5 nitrogen and oxygen atoms in total. The second-order valence-electron chi connectivity index (χ2n) is 6.34. The number of nitrogens with zero attached hydrogens (tertiary/aromatic N) is 3. The summed E-state index contributed by atoms with van der Waals surface area (Å²) >= 11 is 0. The van der Waals surface area contributed by atoms with Crippen LogP contribution >= 0.6 is 0 Å². The number of hydrogen-bond acceptors (Lipinski definition) is 5. The van der Waals surface area contributed by atoms with E-state index in [9.17, 15) is 0 Å². The zero-order valence-electron chi connectivity index (χ0n) is 14.6. The van der Waals surface area contributed by atoms with E-state index < -0.39 is 0 Å². The third kappa shape index (κ3) is 3.85. The van der Waals surface area contributed by atoms with Crippen LogP contribution in [-0.2, 0) is 6.42 Å². The van der Waals surface area contributed by atoms with E-state index >= 15 is 0 Å². The molecule has 2 aromatic rings. The summed E-state index contributed by atoms with van der Waals surface area (Å²) in [6, 6.07) is 10.3. The minimum absolute atomic E-state index is 0.305. The van der Waals surface area contributed by atoms with Crippen molar-refractivity contribution in [2.75, 3.05) is 27.3 Å². The van der Waals surface area contributed by atoms with E-state index in [0.29, 0.717) is 23.7 Å². The minimum atomic E-state index is 0.305. The Morgan fingerprint density at radius 3 is 2.71 bits per heavy atom. The molecule has 24 heavy (non-hydrogen) atoms. The molecule has 1 aliphatic heterocycles. The van der Waals surface area contributed by atoms with Crippen LogP contribution in [0.25, 0.3) is 0 Å². The standard InChI is InChI=1S/C19H25N3O2/c1-14(17-5-4-6-19(21-17)24-3)22-10-9-16(13-22)11-15-7-8-18(23-2)20-12-15/h4-8,12,14,16H,9-11,13H2,1-3H3/t14-,16?/m0/s1. The Hall–Kier alpha value is -2.14. The molecule has 0 radical (unpaired) electrons. The van der Waals surface area contributed by atoms with Crippen LogP contribution in [0.3, 0.4) is 0 Å². The summed E-state index contributed by atoms with van der Waals surface area (Å²) in [6.45, 7) is 4.42. The first-order chi connectivity index (χ1) is 11.7. The number of pyridine rings is 2. The first-order valence-electron chi connectivity index (χ1n) is 8.43. The Balaban J connectivity index is 1.59. The van der Waals surface area contributed by atoms with Gasteiger partial charge in [0.25, 0.3) is 0 Å². The zero-order chi connectivity index (χ0) is 16.9. The molecule has 0 spiro atoms. The molecule has 5 heteroatoms. The van der Waals surface area contributed by atoms with E-state index in [1.165, 1.54) is 12.0 Å². The third-order valence-corrected chi connectivity index (χ3v) is 4.78. The maximum Gasteiger partial charge on any atom is 0.213 e. The number of aromatic nitrogens is 2. The van der Waals surface area contributed by atoms with Gasteiger partial charge in [-0.15, -0.1) is 0 Å². The maximum atomic E-state index is 5.24. The van der Waals surface area contributed by atoms with Gasteiger partial charge in [0.1, 0.15) is 0 Å². The lowest BCUT2D eigenvalue weighted by Crippen LogP contribution is -2.25. The second kappa shape index (κ2) is 7.62. The Bertz CT molecular complexity index is 660. The topological polar surface area (TPSA) is 47.5 Å². The van der Waals surface area contributed by atoms with Gasteiger partial charge < -0.3 is 9.47 Å². The molecule has 0 bridgehead atoms. The Morgan fingerprint density at radius 1 is 1.17 bits per heavy atom. The van der Waals surface area contributed by atoms with Gasteiger partial charge in [0.2, 0.25) is 11.8 Å². The smallest absolute Gasteiger partial charge is 0.213 e. The molecule has 3 rings (SSSR count). The third-order valence-electron chi connectivity index (χ3n) is 4.78. The van der Waals surface area contributed by atoms with Crippen molar-refractivity contribution in [1.82, 2.24) is 14.9 Å². The van der Waals surface area contributed by atoms with Gasteiger partial charge in [-0.25, -0.2) is 9.97 Å². The second-order valence-corrected chi connectivity index (χ2v) is 6.34. The largest absolute Gasteiger partial charge is 0.481 e. The van der Waals surface area contributed by atoms with E-state index in [1.54, 1.807) is 14.2 Å². The van der Waals surface area contributed by atoms with Crippen LogP contribution in [0.5, 0.6) is 11.8 Å². The summed E-state index contributed by atoms with van der Waals surface area (Å²) in [4.78, 5) is 11.4. The minimum Gasteiger partial charge on any atom is -0.481 e. The quantitative estimate of drug-likeness (QED) is 0.816. The Labute approximate surface area is 143 Å². The van der Waals surface area contributed by atoms with Crippen LogP contribution in [0.4, 0.5) is 0 Å². The first kappa shape index (κ1) is 16.7. The van der Waals surface area contributed by atoms with Gasteiger partial charge in [-0.1, -0.05) is 12.1 Å². The molecule has 0 aliphatic carbocycles. The molecule has 128 valence electrons. The van der Waals surface area contributed by atoms with E-state index in [4.69, 9.17) is 9.47 Å². The number of rotatable bonds is 6. The predicted molar refractivity (Wildman–Crippen MR) is 93.4 cm³/mol. The average molecular weight is 327 g/mol. The molecule has 1 unspecified atom stereocenters. The summed E-state index contributed by atoms with van der Waals surface area (Å²) in [5.74, 6) is 2.01. The van der Waals surface area contributed by atoms with Crippen LogP contribution < -0.4 is 9.47 Å². The van der Waals surface area contributed by atoms with E-state index in [2.05, 4.69) is 33.9 Å². The number of hydrogen-bond donors (Lipinski definition) is 0. The molecule has 1 aliphatic rings. The van der Waals surface area contributed by atoms with Crippen molar-refractivity contribution < 1.29 is 9.47 Å². The maximum absolute atomic E-state index is 5.24. The fourth-order valence-electron chi connectivity index (χ4n) is 3.33. The van der Waals surface area contributed by atoms with Crippen LogP contribution in [0.1, 0.15) is 30.6 Å². The lowest BCUT2D eigenvalue weighted by atomic mass is 10.00. The highest BCUT2D eigenvalue weighted by molar-refractivity contribution is 5.20. The van der Waals surface area contributed by atoms with Crippen LogP contribution in [0.15, 0.2) is 36.5 Å². The van der Waals surface area contributed by atoms with Crippen LogP contribution in [0.2, 0.25) is 0 Å². The van der Waals surface area contributed by atoms with E-state index in [0.717, 1.165) is 25.2 Å². The molecule has 0 aromatic carbocycles. The normalized spacial score (nSPS) is 19.2. The van der Waals surface area contributed by atoms with Crippen molar-refractivity contribution >= 4 is 0 Å². The highest BCUT2D eigenvalue weighted by Crippen LogP contribution is 2.29. The van der Waals surface area contributed by atoms with Gasteiger partial charge >= 0.3 is 0 Å². The van der Waals surface area contributed by atoms with Gasteiger partial charge in [-0.2, -0.15) is 0 Å². The van der Waals surface area contributed by atoms with Crippen molar-refractivity contribution in [3.63, 3.8) is 0 Å². The van der Waals surface area contributed by atoms with Crippen LogP contribution in [-0.4, -0.2) is 42.2 Å². The summed E-state index contributed by atoms with van der Waals surface area (Å²) in [5.41, 5.74) is 2.34. The number of likely N-dealkylation sites (tertiary alicyclic amines) is 1. The summed E-state index contributed by atoms with van der Waals surface area (Å²) in [5, 5.41) is 0. The summed E-state index contributed by atoms with van der Waals surface area (Å²) in [7, 11) is 3.30. The molecule has 3 heterocycles. The molecule has 0 saturated carbocycles. The van der Waals surface area contributed by atoms with Crippen molar-refractivity contribution in [2.45, 2.75) is 25.8 Å². The zero-order valence-corrected chi connectivity index (χ0v) is 14.6. The van der Waals surface area contributed by atoms with Crippen molar-refractivity contribution in [1.29, 1.82) is 0 Å². The Kier molecular flexibility index (Phi) is 5.30. The first-order valence-corrected chi connectivity index (χ1v) is 8.43. The van der Waals surface area contributed by atoms with Gasteiger partial charge in [-0.05, 0) is 43.9 Å². The monoisotopic (exact) mass is 327 g/mol. The molecule has 2 aromatic heterocycles. The van der Waals surface area contributed by atoms with E-state index in [-0.39, 0.29) is 0 Å². The molecule has 0 amide bonds. The van der Waals surface area contributed by atoms with Gasteiger partial charge in [0, 0.05) is 30.9 Å². The molecule has 1 saturated heterocycles. The average Bonchev–Trinajstić information content (AvgIpc) is 3.10. The molecular weight excluding hydrogens is 302 g/mol. The summed E-state index contributed by atoms with van der Waals surface area (Å²) < 4.78 is 10.4. The molecule has 1 fully saturated rings. The van der Waals surface area contributed by atoms with Crippen molar-refractivity contribution in [3.8, 4) is 11.8 Å². The SMILES string of the molecule is COc1ccc(CC2CCN([C@@H](C)c3cccc(OC)n3)C2)cn1. The van der Waals surface area contributed by atoms with Gasteiger partial charge in [0.15, 0.2) is 0 Å². The van der Waals surface area contributed by atoms with Gasteiger partial charge in [-0.3, -0.25) is 4.90 Å². The molecular formula is C19H25N3O2. The molecule has 0 N–H and O–H groups in total. The highest BCUT2D eigenvalue weighted by atomic mass is 16.5. The number of ether oxygens (including phenoxy) is 2.